The summed E-state index contributed by atoms with van der Waals surface area (Å²) in [7, 11) is 1.53. The first-order valence-electron chi connectivity index (χ1n) is 7.02. The molecule has 7 nitrogen and oxygen atoms in total. The molecule has 0 heterocycles. The highest BCUT2D eigenvalue weighted by Gasteiger charge is 2.16. The number of amides is 1. The van der Waals surface area contributed by atoms with Crippen LogP contribution in [0.5, 0.6) is 11.5 Å². The van der Waals surface area contributed by atoms with E-state index in [1.165, 1.54) is 25.3 Å². The molecule has 0 bridgehead atoms. The van der Waals surface area contributed by atoms with Crippen molar-refractivity contribution < 1.29 is 19.2 Å². The van der Waals surface area contributed by atoms with E-state index in [9.17, 15) is 14.9 Å². The summed E-state index contributed by atoms with van der Waals surface area (Å²) in [5, 5.41) is 13.4. The number of carbonyl (C=O) groups excluding carboxylic acids is 1. The Labute approximate surface area is 152 Å². The lowest BCUT2D eigenvalue weighted by Gasteiger charge is -2.13. The molecular formula is C16H15IN2O5. The molecular weight excluding hydrogens is 427 g/mol. The normalized spacial score (nSPS) is 10.1. The van der Waals surface area contributed by atoms with Gasteiger partial charge in [-0.3, -0.25) is 14.9 Å². The molecule has 2 rings (SSSR count). The largest absolute Gasteiger partial charge is 0.492 e. The van der Waals surface area contributed by atoms with E-state index in [-0.39, 0.29) is 5.69 Å². The number of nitrogens with zero attached hydrogens (tertiary/aromatic N) is 1. The van der Waals surface area contributed by atoms with Crippen molar-refractivity contribution >= 4 is 39.9 Å². The molecule has 24 heavy (non-hydrogen) atoms. The van der Waals surface area contributed by atoms with Gasteiger partial charge in [0.05, 0.1) is 22.2 Å². The van der Waals surface area contributed by atoms with Crippen LogP contribution in [0, 0.1) is 13.7 Å². The number of nitro groups is 1. The van der Waals surface area contributed by atoms with Crippen LogP contribution >= 0.6 is 22.6 Å². The number of anilines is 1. The molecule has 0 aliphatic carbocycles. The van der Waals surface area contributed by atoms with Crippen molar-refractivity contribution in [2.75, 3.05) is 19.0 Å². The van der Waals surface area contributed by atoms with Gasteiger partial charge in [-0.25, -0.2) is 0 Å². The first kappa shape index (κ1) is 18.0. The van der Waals surface area contributed by atoms with Gasteiger partial charge < -0.3 is 14.8 Å². The molecule has 0 aliphatic heterocycles. The third-order valence-electron chi connectivity index (χ3n) is 3.09. The Balaban J connectivity index is 2.29. The van der Waals surface area contributed by atoms with Crippen LogP contribution in [0.4, 0.5) is 11.4 Å². The van der Waals surface area contributed by atoms with Crippen molar-refractivity contribution in [2.45, 2.75) is 6.92 Å². The van der Waals surface area contributed by atoms with E-state index < -0.39 is 10.8 Å². The highest BCUT2D eigenvalue weighted by Crippen LogP contribution is 2.34. The molecule has 0 unspecified atom stereocenters. The van der Waals surface area contributed by atoms with Crippen LogP contribution in [0.1, 0.15) is 17.3 Å². The summed E-state index contributed by atoms with van der Waals surface area (Å²) in [5.41, 5.74) is 0.625. The summed E-state index contributed by atoms with van der Waals surface area (Å²) in [6.45, 7) is 2.27. The molecule has 8 heteroatoms. The van der Waals surface area contributed by atoms with Crippen LogP contribution in [-0.2, 0) is 0 Å². The first-order chi connectivity index (χ1) is 11.5. The minimum atomic E-state index is -0.515. The lowest BCUT2D eigenvalue weighted by molar-refractivity contribution is -0.384. The van der Waals surface area contributed by atoms with Gasteiger partial charge in [0.25, 0.3) is 11.6 Å². The number of hydrogen-bond acceptors (Lipinski definition) is 5. The summed E-state index contributed by atoms with van der Waals surface area (Å²) in [5.74, 6) is 0.637. The molecule has 0 saturated heterocycles. The summed E-state index contributed by atoms with van der Waals surface area (Å²) < 4.78 is 11.5. The van der Waals surface area contributed by atoms with Gasteiger partial charge in [-0.2, -0.15) is 0 Å². The number of carbonyl (C=O) groups is 1. The topological polar surface area (TPSA) is 90.7 Å². The smallest absolute Gasteiger partial charge is 0.271 e. The fourth-order valence-electron chi connectivity index (χ4n) is 2.06. The Kier molecular flexibility index (Phi) is 5.96. The minimum absolute atomic E-state index is 0.0906. The predicted octanol–water partition coefficient (Wildman–Crippen LogP) is 3.86. The van der Waals surface area contributed by atoms with E-state index >= 15 is 0 Å². The van der Waals surface area contributed by atoms with E-state index in [0.29, 0.717) is 29.4 Å². The van der Waals surface area contributed by atoms with E-state index in [1.54, 1.807) is 18.2 Å². The van der Waals surface area contributed by atoms with Gasteiger partial charge in [-0.05, 0) is 47.7 Å². The highest BCUT2D eigenvalue weighted by molar-refractivity contribution is 14.1. The average Bonchev–Trinajstić information content (AvgIpc) is 2.55. The summed E-state index contributed by atoms with van der Waals surface area (Å²) >= 11 is 2.06. The lowest BCUT2D eigenvalue weighted by Crippen LogP contribution is -2.13. The molecule has 2 aromatic carbocycles. The average molecular weight is 442 g/mol. The van der Waals surface area contributed by atoms with Crippen LogP contribution in [0.3, 0.4) is 0 Å². The van der Waals surface area contributed by atoms with Crippen molar-refractivity contribution in [3.05, 3.63) is 55.6 Å². The molecule has 0 aliphatic rings. The molecule has 126 valence electrons. The number of non-ortho nitro benzene ring substituents is 1. The van der Waals surface area contributed by atoms with Crippen LogP contribution in [-0.4, -0.2) is 24.5 Å². The summed E-state index contributed by atoms with van der Waals surface area (Å²) in [4.78, 5) is 22.7. The number of nitro benzene ring substituents is 1. The molecule has 2 aromatic rings. The second kappa shape index (κ2) is 7.95. The van der Waals surface area contributed by atoms with E-state index in [2.05, 4.69) is 27.9 Å². The maximum atomic E-state index is 12.4. The maximum absolute atomic E-state index is 12.4. The van der Waals surface area contributed by atoms with Gasteiger partial charge in [0, 0.05) is 23.4 Å². The quantitative estimate of drug-likeness (QED) is 0.417. The third-order valence-corrected chi connectivity index (χ3v) is 3.89. The van der Waals surface area contributed by atoms with Crippen LogP contribution in [0.25, 0.3) is 0 Å². The Morgan fingerprint density at radius 2 is 2.08 bits per heavy atom. The van der Waals surface area contributed by atoms with E-state index in [1.807, 2.05) is 6.92 Å². The van der Waals surface area contributed by atoms with Crippen molar-refractivity contribution in [1.82, 2.24) is 0 Å². The van der Waals surface area contributed by atoms with Gasteiger partial charge in [-0.1, -0.05) is 6.07 Å². The Bertz CT molecular complexity index is 779. The standard InChI is InChI=1S/C16H15IN2O5/c1-3-24-14-8-10(7-13(17)15(14)23-2)16(20)18-11-5-4-6-12(9-11)19(21)22/h4-9H,3H2,1-2H3,(H,18,20). The zero-order valence-corrected chi connectivity index (χ0v) is 15.2. The summed E-state index contributed by atoms with van der Waals surface area (Å²) in [6, 6.07) is 9.00. The Morgan fingerprint density at radius 1 is 1.33 bits per heavy atom. The molecule has 0 atom stereocenters. The molecule has 0 aromatic heterocycles. The van der Waals surface area contributed by atoms with Crippen LogP contribution in [0.2, 0.25) is 0 Å². The molecule has 0 fully saturated rings. The van der Waals surface area contributed by atoms with Crippen LogP contribution in [0.15, 0.2) is 36.4 Å². The third kappa shape index (κ3) is 4.13. The van der Waals surface area contributed by atoms with Gasteiger partial charge in [0.15, 0.2) is 11.5 Å². The number of rotatable bonds is 6. The SMILES string of the molecule is CCOc1cc(C(=O)Nc2cccc([N+](=O)[O-])c2)cc(I)c1OC. The van der Waals surface area contributed by atoms with Crippen molar-refractivity contribution in [3.8, 4) is 11.5 Å². The predicted molar refractivity (Wildman–Crippen MR) is 97.9 cm³/mol. The molecule has 0 spiro atoms. The van der Waals surface area contributed by atoms with Gasteiger partial charge in [-0.15, -0.1) is 0 Å². The molecule has 1 amide bonds. The van der Waals surface area contributed by atoms with Gasteiger partial charge >= 0.3 is 0 Å². The zero-order chi connectivity index (χ0) is 17.7. The fraction of sp³-hybridized carbons (Fsp3) is 0.188. The number of hydrogen-bond donors (Lipinski definition) is 1. The first-order valence-corrected chi connectivity index (χ1v) is 8.10. The number of methoxy groups -OCH3 is 1. The maximum Gasteiger partial charge on any atom is 0.271 e. The number of nitrogens with one attached hydrogen (secondary N) is 1. The number of ether oxygens (including phenoxy) is 2. The Hall–Kier alpha value is -2.36. The van der Waals surface area contributed by atoms with Crippen molar-refractivity contribution in [3.63, 3.8) is 0 Å². The monoisotopic (exact) mass is 442 g/mol. The number of benzene rings is 2. The molecule has 1 N–H and O–H groups in total. The van der Waals surface area contributed by atoms with Crippen molar-refractivity contribution in [1.29, 1.82) is 0 Å². The van der Waals surface area contributed by atoms with E-state index in [0.717, 1.165) is 3.57 Å². The molecule has 0 radical (unpaired) electrons. The summed E-state index contributed by atoms with van der Waals surface area (Å²) in [6.07, 6.45) is 0. The zero-order valence-electron chi connectivity index (χ0n) is 13.0. The number of halogens is 1. The second-order valence-corrected chi connectivity index (χ2v) is 5.85. The van der Waals surface area contributed by atoms with E-state index in [4.69, 9.17) is 9.47 Å². The fourth-order valence-corrected chi connectivity index (χ4v) is 2.88. The van der Waals surface area contributed by atoms with Gasteiger partial charge in [0.2, 0.25) is 0 Å². The lowest BCUT2D eigenvalue weighted by atomic mass is 10.1. The van der Waals surface area contributed by atoms with Crippen molar-refractivity contribution in [2.24, 2.45) is 0 Å². The highest BCUT2D eigenvalue weighted by atomic mass is 127. The van der Waals surface area contributed by atoms with Crippen LogP contribution < -0.4 is 14.8 Å². The Morgan fingerprint density at radius 3 is 2.71 bits per heavy atom. The molecule has 0 saturated carbocycles. The van der Waals surface area contributed by atoms with Gasteiger partial charge in [0.1, 0.15) is 0 Å². The second-order valence-electron chi connectivity index (χ2n) is 4.68. The minimum Gasteiger partial charge on any atom is -0.492 e.